The summed E-state index contributed by atoms with van der Waals surface area (Å²) in [6.07, 6.45) is 0. The van der Waals surface area contributed by atoms with Gasteiger partial charge in [0.2, 0.25) is 0 Å². The second-order valence-corrected chi connectivity index (χ2v) is 5.56. The first-order valence-corrected chi connectivity index (χ1v) is 6.84. The summed E-state index contributed by atoms with van der Waals surface area (Å²) < 4.78 is 6.26. The number of halogens is 1. The highest BCUT2D eigenvalue weighted by atomic mass is 127. The van der Waals surface area contributed by atoms with Crippen LogP contribution in [0.2, 0.25) is 0 Å². The molecule has 0 aliphatic carbocycles. The fourth-order valence-electron chi connectivity index (χ4n) is 1.38. The van der Waals surface area contributed by atoms with E-state index in [9.17, 15) is 10.1 Å². The zero-order valence-electron chi connectivity index (χ0n) is 10.5. The van der Waals surface area contributed by atoms with Gasteiger partial charge in [0.15, 0.2) is 0 Å². The number of nitro groups is 1. The Morgan fingerprint density at radius 3 is 2.83 bits per heavy atom. The van der Waals surface area contributed by atoms with Gasteiger partial charge in [0.25, 0.3) is 5.69 Å². The normalized spacial score (nSPS) is 10.7. The summed E-state index contributed by atoms with van der Waals surface area (Å²) in [7, 11) is 0. The maximum absolute atomic E-state index is 10.9. The Morgan fingerprint density at radius 1 is 1.50 bits per heavy atom. The van der Waals surface area contributed by atoms with Gasteiger partial charge in [0.1, 0.15) is 5.69 Å². The van der Waals surface area contributed by atoms with Gasteiger partial charge in [-0.2, -0.15) is 0 Å². The molecule has 0 amide bonds. The largest absolute Gasteiger partial charge is 0.379 e. The Hall–Kier alpha value is -0.890. The fraction of sp³-hybridized carbons (Fsp3) is 0.500. The van der Waals surface area contributed by atoms with E-state index in [0.29, 0.717) is 31.4 Å². The molecule has 0 aliphatic rings. The van der Waals surface area contributed by atoms with Crippen LogP contribution in [-0.4, -0.2) is 24.7 Å². The van der Waals surface area contributed by atoms with E-state index < -0.39 is 0 Å². The van der Waals surface area contributed by atoms with Crippen LogP contribution in [0.15, 0.2) is 18.2 Å². The van der Waals surface area contributed by atoms with Crippen molar-refractivity contribution in [2.75, 3.05) is 25.1 Å². The lowest BCUT2D eigenvalue weighted by molar-refractivity contribution is -0.384. The average Bonchev–Trinajstić information content (AvgIpc) is 2.29. The molecule has 1 aromatic rings. The van der Waals surface area contributed by atoms with E-state index in [1.54, 1.807) is 12.1 Å². The van der Waals surface area contributed by atoms with E-state index in [0.717, 1.165) is 3.57 Å². The van der Waals surface area contributed by atoms with Gasteiger partial charge in [-0.15, -0.1) is 0 Å². The first kappa shape index (κ1) is 15.2. The van der Waals surface area contributed by atoms with Gasteiger partial charge in [-0.05, 0) is 40.6 Å². The number of hydrogen-bond acceptors (Lipinski definition) is 4. The van der Waals surface area contributed by atoms with Gasteiger partial charge < -0.3 is 10.1 Å². The number of rotatable bonds is 7. The van der Waals surface area contributed by atoms with Crippen molar-refractivity contribution >= 4 is 34.0 Å². The molecule has 1 aromatic carbocycles. The Kier molecular flexibility index (Phi) is 6.34. The van der Waals surface area contributed by atoms with Crippen molar-refractivity contribution in [1.82, 2.24) is 0 Å². The number of anilines is 1. The molecule has 0 spiro atoms. The topological polar surface area (TPSA) is 64.4 Å². The van der Waals surface area contributed by atoms with Crippen LogP contribution in [0.25, 0.3) is 0 Å². The van der Waals surface area contributed by atoms with E-state index >= 15 is 0 Å². The maximum atomic E-state index is 10.9. The summed E-state index contributed by atoms with van der Waals surface area (Å²) in [6.45, 7) is 5.97. The average molecular weight is 364 g/mol. The summed E-state index contributed by atoms with van der Waals surface area (Å²) in [5.41, 5.74) is 0.638. The van der Waals surface area contributed by atoms with Crippen LogP contribution < -0.4 is 5.32 Å². The Morgan fingerprint density at radius 2 is 2.22 bits per heavy atom. The highest BCUT2D eigenvalue weighted by Gasteiger charge is 2.13. The standard InChI is InChI=1S/C12H17IN2O3/c1-9(2)8-18-6-5-14-11-4-3-10(13)7-12(11)15(16)17/h3-4,7,9,14H,5-6,8H2,1-2H3. The minimum atomic E-state index is -0.376. The summed E-state index contributed by atoms with van der Waals surface area (Å²) in [5.74, 6) is 0.498. The molecule has 0 heterocycles. The smallest absolute Gasteiger partial charge is 0.293 e. The monoisotopic (exact) mass is 364 g/mol. The highest BCUT2D eigenvalue weighted by molar-refractivity contribution is 14.1. The molecule has 0 saturated carbocycles. The molecule has 1 N–H and O–H groups in total. The van der Waals surface area contributed by atoms with Crippen molar-refractivity contribution in [3.63, 3.8) is 0 Å². The van der Waals surface area contributed by atoms with E-state index in [2.05, 4.69) is 41.8 Å². The van der Waals surface area contributed by atoms with Crippen LogP contribution in [0.1, 0.15) is 13.8 Å². The van der Waals surface area contributed by atoms with E-state index in [1.807, 2.05) is 6.07 Å². The number of hydrogen-bond donors (Lipinski definition) is 1. The first-order chi connectivity index (χ1) is 8.50. The van der Waals surface area contributed by atoms with E-state index in [-0.39, 0.29) is 10.6 Å². The molecule has 18 heavy (non-hydrogen) atoms. The predicted molar refractivity (Wildman–Crippen MR) is 80.0 cm³/mol. The third-order valence-electron chi connectivity index (χ3n) is 2.17. The van der Waals surface area contributed by atoms with Gasteiger partial charge >= 0.3 is 0 Å². The van der Waals surface area contributed by atoms with Crippen LogP contribution in [0.5, 0.6) is 0 Å². The molecule has 0 atom stereocenters. The van der Waals surface area contributed by atoms with Crippen molar-refractivity contribution in [3.8, 4) is 0 Å². The quantitative estimate of drug-likeness (QED) is 0.349. The van der Waals surface area contributed by atoms with Crippen LogP contribution in [0, 0.1) is 19.6 Å². The van der Waals surface area contributed by atoms with Crippen molar-refractivity contribution in [3.05, 3.63) is 31.9 Å². The third-order valence-corrected chi connectivity index (χ3v) is 2.84. The Bertz CT molecular complexity index is 410. The summed E-state index contributed by atoms with van der Waals surface area (Å²) in [5, 5.41) is 13.9. The van der Waals surface area contributed by atoms with E-state index in [4.69, 9.17) is 4.74 Å². The maximum Gasteiger partial charge on any atom is 0.293 e. The molecular formula is C12H17IN2O3. The number of nitro benzene ring substituents is 1. The molecule has 1 rings (SSSR count). The molecule has 0 bridgehead atoms. The minimum Gasteiger partial charge on any atom is -0.379 e. The van der Waals surface area contributed by atoms with Crippen molar-refractivity contribution in [2.24, 2.45) is 5.92 Å². The van der Waals surface area contributed by atoms with Crippen LogP contribution in [0.3, 0.4) is 0 Å². The molecule has 0 saturated heterocycles. The Labute approximate surface area is 120 Å². The lowest BCUT2D eigenvalue weighted by atomic mass is 10.2. The van der Waals surface area contributed by atoms with Gasteiger partial charge in [-0.25, -0.2) is 0 Å². The van der Waals surface area contributed by atoms with Gasteiger partial charge in [0.05, 0.1) is 11.5 Å². The van der Waals surface area contributed by atoms with Crippen molar-refractivity contribution < 1.29 is 9.66 Å². The van der Waals surface area contributed by atoms with Gasteiger partial charge in [-0.3, -0.25) is 10.1 Å². The van der Waals surface area contributed by atoms with Gasteiger partial charge in [-0.1, -0.05) is 13.8 Å². The van der Waals surface area contributed by atoms with Gasteiger partial charge in [0, 0.05) is 22.8 Å². The number of ether oxygens (including phenoxy) is 1. The van der Waals surface area contributed by atoms with Crippen molar-refractivity contribution in [2.45, 2.75) is 13.8 Å². The predicted octanol–water partition coefficient (Wildman–Crippen LogP) is 3.28. The number of benzene rings is 1. The number of nitrogens with zero attached hydrogens (tertiary/aromatic N) is 1. The van der Waals surface area contributed by atoms with E-state index in [1.165, 1.54) is 0 Å². The molecule has 100 valence electrons. The molecule has 0 unspecified atom stereocenters. The lowest BCUT2D eigenvalue weighted by Gasteiger charge is -2.09. The SMILES string of the molecule is CC(C)COCCNc1ccc(I)cc1[N+](=O)[O-]. The molecule has 5 nitrogen and oxygen atoms in total. The summed E-state index contributed by atoms with van der Waals surface area (Å²) in [6, 6.07) is 5.12. The third kappa shape index (κ3) is 5.18. The van der Waals surface area contributed by atoms with Crippen molar-refractivity contribution in [1.29, 1.82) is 0 Å². The molecular weight excluding hydrogens is 347 g/mol. The van der Waals surface area contributed by atoms with Crippen LogP contribution in [-0.2, 0) is 4.74 Å². The summed E-state index contributed by atoms with van der Waals surface area (Å²) in [4.78, 5) is 10.5. The molecule has 0 radical (unpaired) electrons. The Balaban J connectivity index is 2.49. The first-order valence-electron chi connectivity index (χ1n) is 5.76. The minimum absolute atomic E-state index is 0.103. The fourth-order valence-corrected chi connectivity index (χ4v) is 1.86. The molecule has 0 aromatic heterocycles. The zero-order chi connectivity index (χ0) is 13.5. The number of nitrogens with one attached hydrogen (secondary N) is 1. The lowest BCUT2D eigenvalue weighted by Crippen LogP contribution is -2.13. The summed E-state index contributed by atoms with van der Waals surface area (Å²) >= 11 is 2.06. The van der Waals surface area contributed by atoms with Crippen LogP contribution in [0.4, 0.5) is 11.4 Å². The second kappa shape index (κ2) is 7.52. The molecule has 0 aliphatic heterocycles. The zero-order valence-corrected chi connectivity index (χ0v) is 12.6. The second-order valence-electron chi connectivity index (χ2n) is 4.31. The highest BCUT2D eigenvalue weighted by Crippen LogP contribution is 2.25. The van der Waals surface area contributed by atoms with Crippen LogP contribution >= 0.6 is 22.6 Å². The molecule has 6 heteroatoms. The molecule has 0 fully saturated rings.